The molecule has 5 rings (SSSR count). The van der Waals surface area contributed by atoms with Crippen molar-refractivity contribution >= 4 is 36.7 Å². The minimum absolute atomic E-state index is 0.118. The van der Waals surface area contributed by atoms with E-state index in [0.29, 0.717) is 12.5 Å². The number of hydrogen-bond acceptors (Lipinski definition) is 1. The number of halogens is 1. The summed E-state index contributed by atoms with van der Waals surface area (Å²) < 4.78 is 6.19. The van der Waals surface area contributed by atoms with E-state index in [1.807, 2.05) is 0 Å². The molecule has 1 aliphatic carbocycles. The van der Waals surface area contributed by atoms with Gasteiger partial charge in [-0.25, -0.2) is 0 Å². The third kappa shape index (κ3) is 4.84. The van der Waals surface area contributed by atoms with Gasteiger partial charge in [-0.15, -0.1) is 0 Å². The first-order chi connectivity index (χ1) is 18.3. The standard InChI is InChI=1S/C35H38BrOP/c1-28(34-24-30(35(34,2)3)26-37-25-29-16-8-4-9-17-29)27-38(36,31-18-10-5-11-19-31,32-20-12-6-13-21-32)33-22-14-7-15-23-33/h4-23,30H,24-27H2,1-3H3/b34-28+. The Balaban J connectivity index is 1.51. The Hall–Kier alpha value is -2.51. The summed E-state index contributed by atoms with van der Waals surface area (Å²) in [6, 6.07) is 43.8. The second-order valence-corrected chi connectivity index (χ2v) is 20.2. The van der Waals surface area contributed by atoms with Crippen molar-refractivity contribution in [3.8, 4) is 0 Å². The quantitative estimate of drug-likeness (QED) is 0.142. The molecule has 0 radical (unpaired) electrons. The van der Waals surface area contributed by atoms with Crippen molar-refractivity contribution in [2.75, 3.05) is 12.8 Å². The Morgan fingerprint density at radius 3 is 1.58 bits per heavy atom. The molecule has 1 fully saturated rings. The van der Waals surface area contributed by atoms with Crippen LogP contribution < -0.4 is 15.9 Å². The van der Waals surface area contributed by atoms with Gasteiger partial charge in [0.25, 0.3) is 0 Å². The van der Waals surface area contributed by atoms with Gasteiger partial charge in [0, 0.05) is 0 Å². The van der Waals surface area contributed by atoms with E-state index in [-0.39, 0.29) is 5.41 Å². The molecule has 4 aromatic carbocycles. The number of hydrogen-bond donors (Lipinski definition) is 0. The third-order valence-electron chi connectivity index (χ3n) is 8.61. The Morgan fingerprint density at radius 1 is 0.737 bits per heavy atom. The molecule has 1 unspecified atom stereocenters. The molecule has 0 aromatic heterocycles. The van der Waals surface area contributed by atoms with Gasteiger partial charge in [-0.3, -0.25) is 0 Å². The summed E-state index contributed by atoms with van der Waals surface area (Å²) in [7, 11) is 0. The molecule has 0 N–H and O–H groups in total. The van der Waals surface area contributed by atoms with Crippen LogP contribution in [0.5, 0.6) is 0 Å². The van der Waals surface area contributed by atoms with Crippen LogP contribution in [-0.4, -0.2) is 12.8 Å². The molecule has 38 heavy (non-hydrogen) atoms. The fourth-order valence-corrected chi connectivity index (χ4v) is 14.4. The Bertz CT molecular complexity index is 1280. The van der Waals surface area contributed by atoms with Crippen LogP contribution in [0.1, 0.15) is 32.8 Å². The molecule has 1 aliphatic rings. The van der Waals surface area contributed by atoms with Gasteiger partial charge in [-0.2, -0.15) is 0 Å². The van der Waals surface area contributed by atoms with Gasteiger partial charge in [0.05, 0.1) is 0 Å². The zero-order valence-corrected chi connectivity index (χ0v) is 25.2. The number of ether oxygens (including phenoxy) is 1. The molecule has 0 spiro atoms. The van der Waals surface area contributed by atoms with E-state index in [2.05, 4.69) is 158 Å². The van der Waals surface area contributed by atoms with Crippen molar-refractivity contribution in [3.05, 3.63) is 138 Å². The van der Waals surface area contributed by atoms with Crippen LogP contribution in [0.3, 0.4) is 0 Å². The van der Waals surface area contributed by atoms with Crippen LogP contribution in [-0.2, 0) is 11.3 Å². The molecule has 0 heterocycles. The van der Waals surface area contributed by atoms with Gasteiger partial charge < -0.3 is 0 Å². The molecule has 3 heteroatoms. The average molecular weight is 586 g/mol. The van der Waals surface area contributed by atoms with Crippen LogP contribution in [0.4, 0.5) is 0 Å². The molecule has 0 amide bonds. The molecule has 0 bridgehead atoms. The van der Waals surface area contributed by atoms with Gasteiger partial charge in [0.15, 0.2) is 0 Å². The summed E-state index contributed by atoms with van der Waals surface area (Å²) in [5.41, 5.74) is 4.44. The second kappa shape index (κ2) is 10.9. The van der Waals surface area contributed by atoms with E-state index in [0.717, 1.165) is 19.2 Å². The molecule has 1 saturated carbocycles. The third-order valence-corrected chi connectivity index (χ3v) is 18.2. The van der Waals surface area contributed by atoms with Crippen molar-refractivity contribution < 1.29 is 4.74 Å². The SMILES string of the molecule is C/C(CP(Br)(c1ccccc1)(c1ccccc1)c1ccccc1)=C1/CC(COCc2ccccc2)C1(C)C. The number of rotatable bonds is 9. The van der Waals surface area contributed by atoms with Gasteiger partial charge >= 0.3 is 237 Å². The van der Waals surface area contributed by atoms with Crippen LogP contribution >= 0.6 is 20.8 Å². The van der Waals surface area contributed by atoms with Crippen LogP contribution in [0, 0.1) is 11.3 Å². The molecule has 0 aliphatic heterocycles. The van der Waals surface area contributed by atoms with E-state index in [1.54, 1.807) is 5.57 Å². The van der Waals surface area contributed by atoms with Crippen molar-refractivity contribution in [1.29, 1.82) is 0 Å². The Kier molecular flexibility index (Phi) is 7.79. The maximum absolute atomic E-state index is 6.19. The first-order valence-electron chi connectivity index (χ1n) is 13.5. The average Bonchev–Trinajstić information content (AvgIpc) is 2.96. The maximum atomic E-state index is 6.19. The van der Waals surface area contributed by atoms with Crippen molar-refractivity contribution in [2.45, 2.75) is 33.8 Å². The number of benzene rings is 4. The summed E-state index contributed by atoms with van der Waals surface area (Å²) in [5.74, 6) is 0.530. The van der Waals surface area contributed by atoms with Gasteiger partial charge in [0.1, 0.15) is 0 Å². The van der Waals surface area contributed by atoms with Crippen molar-refractivity contribution in [2.24, 2.45) is 11.3 Å². The number of allylic oxidation sites excluding steroid dienone is 2. The van der Waals surface area contributed by atoms with Crippen molar-refractivity contribution in [1.82, 2.24) is 0 Å². The van der Waals surface area contributed by atoms with E-state index in [9.17, 15) is 0 Å². The van der Waals surface area contributed by atoms with E-state index in [4.69, 9.17) is 4.74 Å². The van der Waals surface area contributed by atoms with E-state index in [1.165, 1.54) is 27.1 Å². The van der Waals surface area contributed by atoms with Crippen LogP contribution in [0.25, 0.3) is 0 Å². The Labute approximate surface area is 236 Å². The van der Waals surface area contributed by atoms with Crippen LogP contribution in [0.2, 0.25) is 0 Å². The van der Waals surface area contributed by atoms with E-state index >= 15 is 0 Å². The predicted octanol–water partition coefficient (Wildman–Crippen LogP) is 8.41. The molecule has 196 valence electrons. The second-order valence-electron chi connectivity index (χ2n) is 11.2. The monoisotopic (exact) mass is 584 g/mol. The van der Waals surface area contributed by atoms with Crippen molar-refractivity contribution in [3.63, 3.8) is 0 Å². The Morgan fingerprint density at radius 2 is 1.16 bits per heavy atom. The van der Waals surface area contributed by atoms with Gasteiger partial charge in [0.2, 0.25) is 0 Å². The molecule has 1 atom stereocenters. The van der Waals surface area contributed by atoms with Gasteiger partial charge in [-0.1, -0.05) is 0 Å². The summed E-state index contributed by atoms with van der Waals surface area (Å²) >= 11 is 4.63. The summed E-state index contributed by atoms with van der Waals surface area (Å²) in [6.07, 6.45) is 2.07. The predicted molar refractivity (Wildman–Crippen MR) is 170 cm³/mol. The zero-order valence-electron chi connectivity index (χ0n) is 22.7. The zero-order chi connectivity index (χ0) is 26.7. The van der Waals surface area contributed by atoms with Gasteiger partial charge in [-0.05, 0) is 0 Å². The molecule has 0 saturated heterocycles. The first-order valence-corrected chi connectivity index (χ1v) is 18.0. The fourth-order valence-electron chi connectivity index (χ4n) is 6.24. The topological polar surface area (TPSA) is 9.23 Å². The molecule has 1 nitrogen and oxygen atoms in total. The van der Waals surface area contributed by atoms with E-state index < -0.39 is 5.31 Å². The summed E-state index contributed by atoms with van der Waals surface area (Å²) in [4.78, 5) is 0. The summed E-state index contributed by atoms with van der Waals surface area (Å²) in [6.45, 7) is 8.66. The minimum atomic E-state index is -2.98. The molecular formula is C35H38BrOP. The molecule has 4 aromatic rings. The first kappa shape index (κ1) is 27.1. The van der Waals surface area contributed by atoms with Crippen LogP contribution in [0.15, 0.2) is 132 Å². The summed E-state index contributed by atoms with van der Waals surface area (Å²) in [5, 5.41) is 1.13. The normalized spacial score (nSPS) is 19.2. The fraction of sp³-hybridized carbons (Fsp3) is 0.257. The molecular weight excluding hydrogens is 547 g/mol.